The van der Waals surface area contributed by atoms with Crippen molar-refractivity contribution in [2.45, 2.75) is 32.9 Å². The molecule has 1 fully saturated rings. The highest BCUT2D eigenvalue weighted by Gasteiger charge is 2.45. The van der Waals surface area contributed by atoms with Gasteiger partial charge in [0.25, 0.3) is 0 Å². The summed E-state index contributed by atoms with van der Waals surface area (Å²) in [5.41, 5.74) is 4.96. The molecule has 0 saturated carbocycles. The van der Waals surface area contributed by atoms with Crippen molar-refractivity contribution in [1.82, 2.24) is 5.32 Å². The molecule has 0 bridgehead atoms. The van der Waals surface area contributed by atoms with E-state index in [1.807, 2.05) is 0 Å². The topological polar surface area (TPSA) is 102 Å². The zero-order chi connectivity index (χ0) is 13.2. The SMILES string of the molecule is CC(C)[C@H](NC(=O)C1(C)COCC1N)C(=O)O. The van der Waals surface area contributed by atoms with E-state index in [1.54, 1.807) is 20.8 Å². The molecule has 6 nitrogen and oxygen atoms in total. The Morgan fingerprint density at radius 3 is 2.47 bits per heavy atom. The third-order valence-electron chi connectivity index (χ3n) is 3.26. The van der Waals surface area contributed by atoms with Gasteiger partial charge < -0.3 is 20.9 Å². The Hall–Kier alpha value is -1.14. The van der Waals surface area contributed by atoms with Gasteiger partial charge in [0, 0.05) is 6.04 Å². The van der Waals surface area contributed by atoms with Gasteiger partial charge in [0.05, 0.1) is 18.6 Å². The van der Waals surface area contributed by atoms with Crippen LogP contribution in [0.25, 0.3) is 0 Å². The molecule has 17 heavy (non-hydrogen) atoms. The Morgan fingerprint density at radius 2 is 2.12 bits per heavy atom. The number of carboxylic acids is 1. The van der Waals surface area contributed by atoms with Gasteiger partial charge >= 0.3 is 5.97 Å². The monoisotopic (exact) mass is 244 g/mol. The summed E-state index contributed by atoms with van der Waals surface area (Å²) in [6.45, 7) is 5.73. The van der Waals surface area contributed by atoms with E-state index in [-0.39, 0.29) is 18.4 Å². The highest BCUT2D eigenvalue weighted by atomic mass is 16.5. The summed E-state index contributed by atoms with van der Waals surface area (Å²) in [6, 6.07) is -1.30. The minimum atomic E-state index is -1.04. The number of hydrogen-bond donors (Lipinski definition) is 3. The molecule has 1 aliphatic heterocycles. The lowest BCUT2D eigenvalue weighted by atomic mass is 9.84. The number of nitrogens with two attached hydrogens (primary N) is 1. The van der Waals surface area contributed by atoms with Crippen LogP contribution in [0, 0.1) is 11.3 Å². The fourth-order valence-electron chi connectivity index (χ4n) is 1.74. The van der Waals surface area contributed by atoms with E-state index in [4.69, 9.17) is 15.6 Å². The predicted octanol–water partition coefficient (Wildman–Crippen LogP) is -0.424. The van der Waals surface area contributed by atoms with E-state index < -0.39 is 23.5 Å². The Balaban J connectivity index is 2.74. The van der Waals surface area contributed by atoms with Crippen LogP contribution >= 0.6 is 0 Å². The van der Waals surface area contributed by atoms with Crippen LogP contribution < -0.4 is 11.1 Å². The lowest BCUT2D eigenvalue weighted by molar-refractivity contribution is -0.145. The van der Waals surface area contributed by atoms with Gasteiger partial charge in [-0.1, -0.05) is 13.8 Å². The van der Waals surface area contributed by atoms with Crippen LogP contribution in [0.4, 0.5) is 0 Å². The molecule has 0 aromatic carbocycles. The number of hydrogen-bond acceptors (Lipinski definition) is 4. The molecule has 4 N–H and O–H groups in total. The minimum absolute atomic E-state index is 0.182. The van der Waals surface area contributed by atoms with Gasteiger partial charge in [-0.2, -0.15) is 0 Å². The second-order valence-corrected chi connectivity index (χ2v) is 5.07. The first-order chi connectivity index (χ1) is 7.79. The summed E-state index contributed by atoms with van der Waals surface area (Å²) >= 11 is 0. The molecule has 0 aliphatic carbocycles. The minimum Gasteiger partial charge on any atom is -0.480 e. The highest BCUT2D eigenvalue weighted by molar-refractivity contribution is 5.88. The zero-order valence-electron chi connectivity index (χ0n) is 10.4. The summed E-state index contributed by atoms with van der Waals surface area (Å²) in [6.07, 6.45) is 0. The van der Waals surface area contributed by atoms with Gasteiger partial charge in [-0.25, -0.2) is 4.79 Å². The maximum Gasteiger partial charge on any atom is 0.326 e. The maximum atomic E-state index is 12.1. The van der Waals surface area contributed by atoms with Crippen molar-refractivity contribution in [1.29, 1.82) is 0 Å². The maximum absolute atomic E-state index is 12.1. The van der Waals surface area contributed by atoms with Crippen molar-refractivity contribution < 1.29 is 19.4 Å². The first-order valence-corrected chi connectivity index (χ1v) is 5.66. The Bertz CT molecular complexity index is 319. The molecular weight excluding hydrogens is 224 g/mol. The molecule has 6 heteroatoms. The summed E-state index contributed by atoms with van der Waals surface area (Å²) < 4.78 is 5.16. The molecule has 1 saturated heterocycles. The summed E-state index contributed by atoms with van der Waals surface area (Å²) in [4.78, 5) is 23.1. The first-order valence-electron chi connectivity index (χ1n) is 5.66. The fraction of sp³-hybridized carbons (Fsp3) is 0.818. The van der Waals surface area contributed by atoms with Crippen LogP contribution in [-0.4, -0.2) is 42.3 Å². The van der Waals surface area contributed by atoms with Crippen molar-refractivity contribution in [3.63, 3.8) is 0 Å². The molecule has 1 aliphatic rings. The number of carboxylic acid groups (broad SMARTS) is 1. The smallest absolute Gasteiger partial charge is 0.326 e. The largest absolute Gasteiger partial charge is 0.480 e. The van der Waals surface area contributed by atoms with Crippen molar-refractivity contribution in [3.05, 3.63) is 0 Å². The molecule has 3 atom stereocenters. The third-order valence-corrected chi connectivity index (χ3v) is 3.26. The average molecular weight is 244 g/mol. The second-order valence-electron chi connectivity index (χ2n) is 5.07. The van der Waals surface area contributed by atoms with Crippen LogP contribution in [0.2, 0.25) is 0 Å². The van der Waals surface area contributed by atoms with Gasteiger partial charge in [-0.05, 0) is 12.8 Å². The molecule has 2 unspecified atom stereocenters. The van der Waals surface area contributed by atoms with Gasteiger partial charge in [-0.3, -0.25) is 4.79 Å². The number of carbonyl (C=O) groups excluding carboxylic acids is 1. The van der Waals surface area contributed by atoms with E-state index in [0.29, 0.717) is 6.61 Å². The highest BCUT2D eigenvalue weighted by Crippen LogP contribution is 2.27. The fourth-order valence-corrected chi connectivity index (χ4v) is 1.74. The van der Waals surface area contributed by atoms with Crippen molar-refractivity contribution in [3.8, 4) is 0 Å². The molecule has 0 aromatic rings. The Labute approximate surface area is 101 Å². The van der Waals surface area contributed by atoms with E-state index in [9.17, 15) is 9.59 Å². The standard InChI is InChI=1S/C11H20N2O4/c1-6(2)8(9(14)15)13-10(16)11(3)5-17-4-7(11)12/h6-8H,4-5,12H2,1-3H3,(H,13,16)(H,14,15)/t7?,8-,11?/m0/s1. The van der Waals surface area contributed by atoms with Crippen LogP contribution in [0.5, 0.6) is 0 Å². The van der Waals surface area contributed by atoms with E-state index in [0.717, 1.165) is 0 Å². The Kier molecular flexibility index (Phi) is 4.11. The first kappa shape index (κ1) is 13.9. The summed E-state index contributed by atoms with van der Waals surface area (Å²) in [5, 5.41) is 11.5. The molecule has 1 rings (SSSR count). The summed E-state index contributed by atoms with van der Waals surface area (Å²) in [5.74, 6) is -1.58. The number of ether oxygens (including phenoxy) is 1. The molecule has 0 radical (unpaired) electrons. The molecule has 0 spiro atoms. The Morgan fingerprint density at radius 1 is 1.53 bits per heavy atom. The van der Waals surface area contributed by atoms with Crippen LogP contribution in [-0.2, 0) is 14.3 Å². The van der Waals surface area contributed by atoms with Crippen molar-refractivity contribution in [2.75, 3.05) is 13.2 Å². The van der Waals surface area contributed by atoms with Gasteiger partial charge in [0.15, 0.2) is 0 Å². The van der Waals surface area contributed by atoms with Gasteiger partial charge in [0.2, 0.25) is 5.91 Å². The number of rotatable bonds is 4. The molecule has 0 aromatic heterocycles. The van der Waals surface area contributed by atoms with Crippen LogP contribution in [0.15, 0.2) is 0 Å². The number of aliphatic carboxylic acids is 1. The predicted molar refractivity (Wildman–Crippen MR) is 61.3 cm³/mol. The lowest BCUT2D eigenvalue weighted by Gasteiger charge is -2.28. The van der Waals surface area contributed by atoms with E-state index >= 15 is 0 Å². The van der Waals surface area contributed by atoms with Crippen LogP contribution in [0.1, 0.15) is 20.8 Å². The zero-order valence-corrected chi connectivity index (χ0v) is 10.4. The van der Waals surface area contributed by atoms with E-state index in [2.05, 4.69) is 5.32 Å². The number of amides is 1. The van der Waals surface area contributed by atoms with Crippen molar-refractivity contribution in [2.24, 2.45) is 17.1 Å². The molecule has 1 amide bonds. The van der Waals surface area contributed by atoms with E-state index in [1.165, 1.54) is 0 Å². The number of nitrogens with one attached hydrogen (secondary N) is 1. The van der Waals surface area contributed by atoms with Gasteiger partial charge in [0.1, 0.15) is 6.04 Å². The van der Waals surface area contributed by atoms with Crippen LogP contribution in [0.3, 0.4) is 0 Å². The van der Waals surface area contributed by atoms with Gasteiger partial charge in [-0.15, -0.1) is 0 Å². The second kappa shape index (κ2) is 5.01. The normalized spacial score (nSPS) is 30.3. The third kappa shape index (κ3) is 2.76. The molecular formula is C11H20N2O4. The average Bonchev–Trinajstić information content (AvgIpc) is 2.55. The quantitative estimate of drug-likeness (QED) is 0.623. The summed E-state index contributed by atoms with van der Waals surface area (Å²) in [7, 11) is 0. The lowest BCUT2D eigenvalue weighted by Crippen LogP contribution is -2.55. The van der Waals surface area contributed by atoms with Crippen molar-refractivity contribution >= 4 is 11.9 Å². The molecule has 1 heterocycles. The number of carbonyl (C=O) groups is 2. The molecule has 98 valence electrons.